The average molecular weight is 1140 g/mol. The standard InChI is InChI=1S/C20H20OP.C15H15ClN2O2.C13H11ClN2O2.C4H8O.C4H9O.C3H6O.ClH.K/c1-21-17-22(18-11-5-2-6-12-18,19-13-7-3-8-14-19)20-15-9-4-10-16-20;1-11(19)14-13(8-9-20-2)15(16)18(17-14)10-12-6-4-3-5-7-12;1-9(18)12-11(8-17)13(14)16(15-12)7-10-5-3-2-4-6-10;1-2-4-5-3-1;1-4(2,3)5;1-3-4-2;;/h2-16H,17H2,1H3;3-9H,10H2,1-2H3;2-6,8H,7H2,1H3;1-4H2;1-3H3;3H,1H2,2H3;1H;/q+1;;;;-1;;;+1/p-1. The van der Waals surface area contributed by atoms with Gasteiger partial charge in [0.25, 0.3) is 0 Å². The minimum Gasteiger partial charge on any atom is -1.00 e. The van der Waals surface area contributed by atoms with E-state index in [-0.39, 0.29) is 91.8 Å². The Morgan fingerprint density at radius 2 is 0.987 bits per heavy atom. The molecule has 1 aliphatic rings. The molecule has 2 aromatic heterocycles. The van der Waals surface area contributed by atoms with Crippen LogP contribution < -0.4 is 84.8 Å². The van der Waals surface area contributed by atoms with Crippen LogP contribution in [0.1, 0.15) is 95.5 Å². The van der Waals surface area contributed by atoms with Crippen LogP contribution in [-0.2, 0) is 32.0 Å². The van der Waals surface area contributed by atoms with Crippen molar-refractivity contribution < 1.29 is 102 Å². The van der Waals surface area contributed by atoms with Crippen LogP contribution in [0.15, 0.2) is 171 Å². The van der Waals surface area contributed by atoms with Crippen LogP contribution in [0.2, 0.25) is 10.3 Å². The normalized spacial score (nSPS) is 11.2. The number of rotatable bonds is 15. The van der Waals surface area contributed by atoms with Crippen LogP contribution in [0.5, 0.6) is 0 Å². The van der Waals surface area contributed by atoms with E-state index >= 15 is 0 Å². The van der Waals surface area contributed by atoms with Gasteiger partial charge in [-0.15, -0.1) is 5.60 Å². The van der Waals surface area contributed by atoms with E-state index in [1.54, 1.807) is 45.7 Å². The van der Waals surface area contributed by atoms with Crippen LogP contribution in [0.4, 0.5) is 0 Å². The van der Waals surface area contributed by atoms with Crippen molar-refractivity contribution in [3.63, 3.8) is 0 Å². The van der Waals surface area contributed by atoms with Crippen LogP contribution in [0.25, 0.3) is 6.08 Å². The molecule has 0 spiro atoms. The zero-order chi connectivity index (χ0) is 54.4. The second-order valence-electron chi connectivity index (χ2n) is 17.2. The largest absolute Gasteiger partial charge is 1.00 e. The summed E-state index contributed by atoms with van der Waals surface area (Å²) in [4.78, 5) is 33.9. The Morgan fingerprint density at radius 1 is 0.658 bits per heavy atom. The smallest absolute Gasteiger partial charge is 1.00 e. The number of aromatic nitrogens is 4. The van der Waals surface area contributed by atoms with Gasteiger partial charge in [-0.05, 0) is 66.4 Å². The Bertz CT molecular complexity index is 2650. The quantitative estimate of drug-likeness (QED) is 0.0435. The Kier molecular flexibility index (Phi) is 34.8. The van der Waals surface area contributed by atoms with E-state index in [2.05, 4.69) is 113 Å². The molecular formula is C59H69Cl3KN4O8P. The van der Waals surface area contributed by atoms with Gasteiger partial charge in [-0.3, -0.25) is 14.4 Å². The number of methoxy groups -OCH3 is 3. The van der Waals surface area contributed by atoms with Gasteiger partial charge in [-0.2, -0.15) is 10.2 Å². The zero-order valence-electron chi connectivity index (χ0n) is 45.0. The molecule has 0 bridgehead atoms. The third-order valence-corrected chi connectivity index (χ3v) is 15.2. The second-order valence-corrected chi connectivity index (χ2v) is 21.4. The summed E-state index contributed by atoms with van der Waals surface area (Å²) in [5.74, 6) is -0.403. The minimum absolute atomic E-state index is 0. The van der Waals surface area contributed by atoms with Crippen molar-refractivity contribution in [2.45, 2.75) is 66.2 Å². The number of halogens is 3. The Morgan fingerprint density at radius 3 is 1.25 bits per heavy atom. The number of Topliss-reactive ketones (excluding diaryl/α,β-unsaturated/α-hetero) is 2. The van der Waals surface area contributed by atoms with E-state index < -0.39 is 12.9 Å². The number of aldehydes is 1. The first-order valence-electron chi connectivity index (χ1n) is 23.8. The molecule has 5 aromatic carbocycles. The topological polar surface area (TPSA) is 147 Å². The average Bonchev–Trinajstić information content (AvgIpc) is 4.17. The van der Waals surface area contributed by atoms with Crippen molar-refractivity contribution in [3.8, 4) is 0 Å². The van der Waals surface area contributed by atoms with Gasteiger partial charge in [0.05, 0.1) is 45.4 Å². The third kappa shape index (κ3) is 23.6. The third-order valence-electron chi connectivity index (χ3n) is 10.3. The predicted molar refractivity (Wildman–Crippen MR) is 301 cm³/mol. The van der Waals surface area contributed by atoms with E-state index in [9.17, 15) is 19.5 Å². The fraction of sp³-hybridized carbons (Fsp3) is 0.271. The summed E-state index contributed by atoms with van der Waals surface area (Å²) in [6.45, 7) is 13.9. The van der Waals surface area contributed by atoms with Crippen molar-refractivity contribution in [1.29, 1.82) is 0 Å². The summed E-state index contributed by atoms with van der Waals surface area (Å²) in [5.41, 5.74) is 2.51. The summed E-state index contributed by atoms with van der Waals surface area (Å²) in [6, 6.07) is 51.7. The Labute approximate surface area is 509 Å². The SMILES string of the molecule is C1CCOC1.C=COC.CC(=O)c1nn(Cc2ccccc2)c(Cl)c1C=O.CC(C)(C)[O-].COC=Cc1c(C(C)=O)nn(Cc2ccccc2)c1Cl.COC[P+](c1ccccc1)(c1ccccc1)c1ccccc1.[Cl-].[K+]. The van der Waals surface area contributed by atoms with Gasteiger partial charge in [0.2, 0.25) is 0 Å². The monoisotopic (exact) mass is 1140 g/mol. The fourth-order valence-electron chi connectivity index (χ4n) is 6.96. The molecule has 1 aliphatic heterocycles. The molecule has 76 heavy (non-hydrogen) atoms. The summed E-state index contributed by atoms with van der Waals surface area (Å²) in [7, 11) is 3.12. The Balaban J connectivity index is 0.000000500. The molecule has 400 valence electrons. The number of ether oxygens (including phenoxy) is 4. The molecule has 0 saturated carbocycles. The van der Waals surface area contributed by atoms with Crippen molar-refractivity contribution in [2.75, 3.05) is 40.9 Å². The van der Waals surface area contributed by atoms with Gasteiger partial charge >= 0.3 is 51.4 Å². The maximum Gasteiger partial charge on any atom is 1.00 e. The minimum atomic E-state index is -1.78. The summed E-state index contributed by atoms with van der Waals surface area (Å²) >= 11 is 12.3. The van der Waals surface area contributed by atoms with Gasteiger partial charge in [0, 0.05) is 39.7 Å². The van der Waals surface area contributed by atoms with Gasteiger partial charge in [0.1, 0.15) is 44.9 Å². The van der Waals surface area contributed by atoms with E-state index in [4.69, 9.17) is 37.4 Å². The molecule has 0 atom stereocenters. The summed E-state index contributed by atoms with van der Waals surface area (Å²) in [6.07, 6.45) is 8.33. The molecule has 0 N–H and O–H groups in total. The predicted octanol–water partition coefficient (Wildman–Crippen LogP) is 5.32. The molecule has 1 fully saturated rings. The van der Waals surface area contributed by atoms with Crippen LogP contribution in [0.3, 0.4) is 0 Å². The molecule has 7 aromatic rings. The maximum absolute atomic E-state index is 11.6. The van der Waals surface area contributed by atoms with Crippen LogP contribution in [0, 0.1) is 0 Å². The summed E-state index contributed by atoms with van der Waals surface area (Å²) in [5, 5.41) is 23.2. The number of hydrogen-bond donors (Lipinski definition) is 0. The number of carbonyl (C=O) groups is 3. The molecule has 12 nitrogen and oxygen atoms in total. The van der Waals surface area contributed by atoms with Crippen LogP contribution >= 0.6 is 30.5 Å². The van der Waals surface area contributed by atoms with Crippen molar-refractivity contribution in [1.82, 2.24) is 19.6 Å². The van der Waals surface area contributed by atoms with Gasteiger partial charge in [-0.25, -0.2) is 9.36 Å². The molecule has 0 radical (unpaired) electrons. The molecule has 0 aliphatic carbocycles. The molecule has 17 heteroatoms. The first-order valence-corrected chi connectivity index (χ1v) is 26.5. The number of ketones is 2. The van der Waals surface area contributed by atoms with Crippen LogP contribution in [-0.4, -0.2) is 83.9 Å². The number of hydrogen-bond acceptors (Lipinski definition) is 10. The molecule has 8 rings (SSSR count). The molecule has 0 amide bonds. The molecular weight excluding hydrogens is 1070 g/mol. The van der Waals surface area contributed by atoms with Crippen molar-refractivity contribution >= 4 is 70.3 Å². The zero-order valence-corrected chi connectivity index (χ0v) is 51.3. The van der Waals surface area contributed by atoms with Crippen molar-refractivity contribution in [2.24, 2.45) is 0 Å². The fourth-order valence-corrected chi connectivity index (χ4v) is 11.2. The number of nitrogens with zero attached hydrogens (tertiary/aromatic N) is 4. The first-order chi connectivity index (χ1) is 35.6. The van der Waals surface area contributed by atoms with Gasteiger partial charge < -0.3 is 36.5 Å². The van der Waals surface area contributed by atoms with E-state index in [0.29, 0.717) is 42.1 Å². The number of carbonyl (C=O) groups excluding carboxylic acids is 3. The Hall–Kier alpha value is -4.57. The summed E-state index contributed by atoms with van der Waals surface area (Å²) < 4.78 is 22.9. The first kappa shape index (κ1) is 69.4. The van der Waals surface area contributed by atoms with E-state index in [0.717, 1.165) is 24.3 Å². The molecule has 1 saturated heterocycles. The molecule has 3 heterocycles. The maximum atomic E-state index is 11.6. The van der Waals surface area contributed by atoms with E-state index in [1.807, 2.05) is 60.7 Å². The van der Waals surface area contributed by atoms with Gasteiger partial charge in [0.15, 0.2) is 24.2 Å². The number of benzene rings is 5. The van der Waals surface area contributed by atoms with E-state index in [1.165, 1.54) is 66.9 Å². The molecule has 0 unspecified atom stereocenters. The van der Waals surface area contributed by atoms with Crippen molar-refractivity contribution in [3.05, 3.63) is 215 Å². The second kappa shape index (κ2) is 38.1. The van der Waals surface area contributed by atoms with Gasteiger partial charge in [-0.1, -0.05) is 166 Å².